The van der Waals surface area contributed by atoms with Gasteiger partial charge in [0.2, 0.25) is 0 Å². The number of benzene rings is 1. The van der Waals surface area contributed by atoms with E-state index in [1.165, 1.54) is 27.4 Å². The topological polar surface area (TPSA) is 94.0 Å². The minimum Gasteiger partial charge on any atom is -0.481 e. The van der Waals surface area contributed by atoms with Crippen molar-refractivity contribution in [1.29, 1.82) is 0 Å². The van der Waals surface area contributed by atoms with E-state index < -0.39 is 18.3 Å². The quantitative estimate of drug-likeness (QED) is 0.535. The smallest absolute Gasteiger partial charge is 0.306 e. The molecule has 0 bridgehead atoms. The summed E-state index contributed by atoms with van der Waals surface area (Å²) in [4.78, 5) is 16.0. The Kier molecular flexibility index (Phi) is 5.29. The minimum atomic E-state index is -2.73. The van der Waals surface area contributed by atoms with Crippen LogP contribution >= 0.6 is 0 Å². The van der Waals surface area contributed by atoms with E-state index in [2.05, 4.69) is 41.2 Å². The van der Waals surface area contributed by atoms with E-state index in [1.807, 2.05) is 6.07 Å². The third kappa shape index (κ3) is 3.73. The predicted molar refractivity (Wildman–Crippen MR) is 115 cm³/mol. The maximum atomic E-state index is 13.5. The highest BCUT2D eigenvalue weighted by Crippen LogP contribution is 2.54. The minimum absolute atomic E-state index is 0.169. The molecular formula is C24H26F2N4O3. The molecule has 2 heterocycles. The van der Waals surface area contributed by atoms with Gasteiger partial charge in [-0.2, -0.15) is 10.1 Å². The van der Waals surface area contributed by atoms with Crippen LogP contribution in [-0.2, 0) is 10.2 Å². The summed E-state index contributed by atoms with van der Waals surface area (Å²) in [5.41, 5.74) is 3.23. The molecule has 33 heavy (non-hydrogen) atoms. The molecule has 0 unspecified atom stereocenters. The molecule has 0 spiro atoms. The van der Waals surface area contributed by atoms with E-state index in [1.54, 1.807) is 0 Å². The lowest BCUT2D eigenvalue weighted by Crippen LogP contribution is -2.24. The first-order valence-corrected chi connectivity index (χ1v) is 11.3. The third-order valence-electron chi connectivity index (χ3n) is 7.15. The van der Waals surface area contributed by atoms with Crippen molar-refractivity contribution in [3.05, 3.63) is 52.5 Å². The summed E-state index contributed by atoms with van der Waals surface area (Å²) in [6.45, 7) is 4.14. The maximum Gasteiger partial charge on any atom is 0.306 e. The van der Waals surface area contributed by atoms with Crippen LogP contribution in [0.5, 0.6) is 0 Å². The Morgan fingerprint density at radius 2 is 1.85 bits per heavy atom. The summed E-state index contributed by atoms with van der Waals surface area (Å²) in [5.74, 6) is -0.486. The number of carbonyl (C=O) groups is 1. The average molecular weight is 456 g/mol. The highest BCUT2D eigenvalue weighted by Gasteiger charge is 2.51. The Hall–Kier alpha value is -3.10. The first kappa shape index (κ1) is 21.7. The number of aromatic nitrogens is 4. The lowest BCUT2D eigenvalue weighted by molar-refractivity contribution is -0.143. The molecule has 2 aromatic heterocycles. The molecule has 1 N–H and O–H groups in total. The Balaban J connectivity index is 1.49. The number of carboxylic acids is 1. The molecule has 1 aromatic carbocycles. The summed E-state index contributed by atoms with van der Waals surface area (Å²) in [6.07, 6.45) is 1.12. The van der Waals surface area contributed by atoms with Crippen LogP contribution in [0.2, 0.25) is 0 Å². The van der Waals surface area contributed by atoms with Gasteiger partial charge in [-0.3, -0.25) is 9.48 Å². The molecule has 2 aliphatic rings. The van der Waals surface area contributed by atoms with Gasteiger partial charge in [0.05, 0.1) is 17.4 Å². The summed E-state index contributed by atoms with van der Waals surface area (Å²) in [5, 5.41) is 17.7. The van der Waals surface area contributed by atoms with Gasteiger partial charge in [-0.25, -0.2) is 8.78 Å². The SMILES string of the molecule is Cc1cccc(C)c1C1(c2noc(-c3cc(C(F)F)nn3C3CCC(C(=O)O)CC3)n2)CC1. The van der Waals surface area contributed by atoms with Crippen molar-refractivity contribution in [2.45, 2.75) is 70.3 Å². The van der Waals surface area contributed by atoms with Crippen LogP contribution in [0, 0.1) is 19.8 Å². The summed E-state index contributed by atoms with van der Waals surface area (Å²) >= 11 is 0. The van der Waals surface area contributed by atoms with E-state index in [-0.39, 0.29) is 23.0 Å². The number of nitrogens with zero attached hydrogens (tertiary/aromatic N) is 4. The van der Waals surface area contributed by atoms with Crippen LogP contribution < -0.4 is 0 Å². The van der Waals surface area contributed by atoms with Crippen molar-refractivity contribution in [3.8, 4) is 11.6 Å². The van der Waals surface area contributed by atoms with Gasteiger partial charge < -0.3 is 9.63 Å². The number of aryl methyl sites for hydroxylation is 2. The van der Waals surface area contributed by atoms with E-state index in [0.29, 0.717) is 37.2 Å². The normalized spacial score (nSPS) is 22.0. The highest BCUT2D eigenvalue weighted by atomic mass is 19.3. The molecule has 5 rings (SSSR count). The first-order valence-electron chi connectivity index (χ1n) is 11.3. The van der Waals surface area contributed by atoms with E-state index >= 15 is 0 Å². The Morgan fingerprint density at radius 1 is 1.18 bits per heavy atom. The van der Waals surface area contributed by atoms with Crippen molar-refractivity contribution in [2.75, 3.05) is 0 Å². The zero-order valence-corrected chi connectivity index (χ0v) is 18.6. The van der Waals surface area contributed by atoms with E-state index in [9.17, 15) is 18.7 Å². The number of alkyl halides is 2. The number of hydrogen-bond acceptors (Lipinski definition) is 5. The Morgan fingerprint density at radius 3 is 2.42 bits per heavy atom. The van der Waals surface area contributed by atoms with Crippen LogP contribution in [-0.4, -0.2) is 31.0 Å². The van der Waals surface area contributed by atoms with Crippen molar-refractivity contribution in [3.63, 3.8) is 0 Å². The molecule has 9 heteroatoms. The number of halogens is 2. The summed E-state index contributed by atoms with van der Waals surface area (Å²) in [7, 11) is 0. The number of rotatable bonds is 6. The Bertz CT molecular complexity index is 1170. The molecule has 2 saturated carbocycles. The van der Waals surface area contributed by atoms with Gasteiger partial charge in [0, 0.05) is 0 Å². The van der Waals surface area contributed by atoms with Gasteiger partial charge in [-0.1, -0.05) is 23.4 Å². The molecule has 2 aliphatic carbocycles. The maximum absolute atomic E-state index is 13.5. The zero-order chi connectivity index (χ0) is 23.3. The second kappa shape index (κ2) is 8.04. The second-order valence-corrected chi connectivity index (χ2v) is 9.32. The monoisotopic (exact) mass is 456 g/mol. The molecule has 174 valence electrons. The Labute approximate surface area is 189 Å². The van der Waals surface area contributed by atoms with Gasteiger partial charge in [0.25, 0.3) is 12.3 Å². The molecule has 3 aromatic rings. The van der Waals surface area contributed by atoms with Crippen LogP contribution in [0.4, 0.5) is 8.78 Å². The fourth-order valence-electron chi connectivity index (χ4n) is 5.33. The molecule has 0 radical (unpaired) electrons. The van der Waals surface area contributed by atoms with Gasteiger partial charge in [0.15, 0.2) is 5.82 Å². The van der Waals surface area contributed by atoms with E-state index in [4.69, 9.17) is 4.52 Å². The van der Waals surface area contributed by atoms with Crippen molar-refractivity contribution < 1.29 is 23.2 Å². The fraction of sp³-hybridized carbons (Fsp3) is 0.500. The molecule has 2 fully saturated rings. The van der Waals surface area contributed by atoms with Crippen LogP contribution in [0.3, 0.4) is 0 Å². The molecule has 0 atom stereocenters. The standard InChI is InChI=1S/C24H26F2N4O3/c1-13-4-3-5-14(2)19(13)24(10-11-24)23-27-21(33-29-23)18-12-17(20(25)26)28-30(18)16-8-6-15(7-9-16)22(31)32/h3-5,12,15-16,20H,6-11H2,1-2H3,(H,31,32). The van der Waals surface area contributed by atoms with Gasteiger partial charge >= 0.3 is 5.97 Å². The number of aliphatic carboxylic acids is 1. The highest BCUT2D eigenvalue weighted by molar-refractivity contribution is 5.70. The van der Waals surface area contributed by atoms with E-state index in [0.717, 1.165) is 12.8 Å². The fourth-order valence-corrected chi connectivity index (χ4v) is 5.33. The zero-order valence-electron chi connectivity index (χ0n) is 18.6. The first-order chi connectivity index (χ1) is 15.8. The van der Waals surface area contributed by atoms with Crippen LogP contribution in [0.1, 0.15) is 79.2 Å². The molecule has 0 saturated heterocycles. The van der Waals surface area contributed by atoms with Crippen molar-refractivity contribution in [1.82, 2.24) is 19.9 Å². The van der Waals surface area contributed by atoms with Gasteiger partial charge in [-0.15, -0.1) is 0 Å². The van der Waals surface area contributed by atoms with Crippen LogP contribution in [0.15, 0.2) is 28.8 Å². The average Bonchev–Trinajstić information content (AvgIpc) is 3.22. The molecule has 7 nitrogen and oxygen atoms in total. The summed E-state index contributed by atoms with van der Waals surface area (Å²) in [6, 6.07) is 7.29. The van der Waals surface area contributed by atoms with Crippen LogP contribution in [0.25, 0.3) is 11.6 Å². The summed E-state index contributed by atoms with van der Waals surface area (Å²) < 4.78 is 34.1. The second-order valence-electron chi connectivity index (χ2n) is 9.32. The predicted octanol–water partition coefficient (Wildman–Crippen LogP) is 5.38. The third-order valence-corrected chi connectivity index (χ3v) is 7.15. The molecular weight excluding hydrogens is 430 g/mol. The molecule has 0 amide bonds. The number of carboxylic acid groups (broad SMARTS) is 1. The number of hydrogen-bond donors (Lipinski definition) is 1. The lowest BCUT2D eigenvalue weighted by atomic mass is 9.86. The van der Waals surface area contributed by atoms with Crippen molar-refractivity contribution >= 4 is 5.97 Å². The van der Waals surface area contributed by atoms with Gasteiger partial charge in [0.1, 0.15) is 11.4 Å². The molecule has 0 aliphatic heterocycles. The van der Waals surface area contributed by atoms with Gasteiger partial charge in [-0.05, 0) is 75.1 Å². The van der Waals surface area contributed by atoms with Crippen molar-refractivity contribution in [2.24, 2.45) is 5.92 Å². The lowest BCUT2D eigenvalue weighted by Gasteiger charge is -2.27. The largest absolute Gasteiger partial charge is 0.481 e.